The molecule has 1 aromatic rings. The Morgan fingerprint density at radius 1 is 1.43 bits per heavy atom. The first-order valence-electron chi connectivity index (χ1n) is 5.04. The van der Waals surface area contributed by atoms with Crippen molar-refractivity contribution in [2.75, 3.05) is 0 Å². The van der Waals surface area contributed by atoms with E-state index in [1.165, 1.54) is 18.4 Å². The molecule has 1 fully saturated rings. The van der Waals surface area contributed by atoms with E-state index in [1.54, 1.807) is 0 Å². The van der Waals surface area contributed by atoms with Crippen molar-refractivity contribution in [2.24, 2.45) is 5.73 Å². The summed E-state index contributed by atoms with van der Waals surface area (Å²) in [5, 5.41) is 3.80. The summed E-state index contributed by atoms with van der Waals surface area (Å²) >= 11 is 0. The van der Waals surface area contributed by atoms with Gasteiger partial charge in [-0.3, -0.25) is 0 Å². The van der Waals surface area contributed by atoms with Crippen LogP contribution in [0.5, 0.6) is 0 Å². The van der Waals surface area contributed by atoms with Crippen LogP contribution in [0.1, 0.15) is 50.4 Å². The lowest BCUT2D eigenvalue weighted by Gasteiger charge is -1.92. The van der Waals surface area contributed by atoms with Gasteiger partial charge < -0.3 is 10.3 Å². The molecule has 0 amide bonds. The normalized spacial score (nSPS) is 18.6. The van der Waals surface area contributed by atoms with Gasteiger partial charge in [-0.1, -0.05) is 10.7 Å². The van der Waals surface area contributed by atoms with Crippen LogP contribution in [-0.2, 0) is 0 Å². The first-order valence-corrected chi connectivity index (χ1v) is 5.04. The predicted octanol–water partition coefficient (Wildman–Crippen LogP) is 2.05. The maximum absolute atomic E-state index is 5.63. The van der Waals surface area contributed by atoms with E-state index in [2.05, 4.69) is 10.1 Å². The van der Waals surface area contributed by atoms with Crippen LogP contribution in [0.3, 0.4) is 0 Å². The zero-order valence-electron chi connectivity index (χ0n) is 8.36. The summed E-state index contributed by atoms with van der Waals surface area (Å²) in [5.41, 5.74) is 7.04. The zero-order chi connectivity index (χ0) is 9.97. The Labute approximate surface area is 83.2 Å². The van der Waals surface area contributed by atoms with Crippen LogP contribution in [0.4, 0.5) is 0 Å². The summed E-state index contributed by atoms with van der Waals surface area (Å²) in [7, 11) is 0. The van der Waals surface area contributed by atoms with Crippen molar-refractivity contribution in [2.45, 2.75) is 38.6 Å². The second kappa shape index (κ2) is 3.92. The SMILES string of the molecule is CC(N)c1noc(C=C2CCCC2)n1. The van der Waals surface area contributed by atoms with Gasteiger partial charge in [0.15, 0.2) is 5.82 Å². The molecule has 76 valence electrons. The van der Waals surface area contributed by atoms with E-state index in [1.807, 2.05) is 13.0 Å². The number of aromatic nitrogens is 2. The molecule has 0 saturated heterocycles. The summed E-state index contributed by atoms with van der Waals surface area (Å²) in [4.78, 5) is 4.19. The lowest BCUT2D eigenvalue weighted by atomic mass is 10.2. The van der Waals surface area contributed by atoms with Crippen molar-refractivity contribution in [3.8, 4) is 0 Å². The minimum atomic E-state index is -0.158. The fourth-order valence-electron chi connectivity index (χ4n) is 1.64. The van der Waals surface area contributed by atoms with Crippen molar-refractivity contribution in [3.05, 3.63) is 17.3 Å². The van der Waals surface area contributed by atoms with E-state index in [9.17, 15) is 0 Å². The molecule has 0 aliphatic heterocycles. The predicted molar refractivity (Wildman–Crippen MR) is 53.3 cm³/mol. The van der Waals surface area contributed by atoms with Crippen molar-refractivity contribution in [3.63, 3.8) is 0 Å². The Kier molecular flexibility index (Phi) is 2.63. The molecule has 2 N–H and O–H groups in total. The zero-order valence-corrected chi connectivity index (χ0v) is 8.36. The largest absolute Gasteiger partial charge is 0.335 e. The van der Waals surface area contributed by atoms with Crippen LogP contribution in [-0.4, -0.2) is 10.1 Å². The van der Waals surface area contributed by atoms with Gasteiger partial charge in [0.25, 0.3) is 5.89 Å². The summed E-state index contributed by atoms with van der Waals surface area (Å²) in [6.45, 7) is 1.84. The highest BCUT2D eigenvalue weighted by atomic mass is 16.5. The summed E-state index contributed by atoms with van der Waals surface area (Å²) < 4.78 is 5.07. The van der Waals surface area contributed by atoms with Crippen LogP contribution in [0.15, 0.2) is 10.1 Å². The van der Waals surface area contributed by atoms with E-state index < -0.39 is 0 Å². The number of nitrogens with zero attached hydrogens (tertiary/aromatic N) is 2. The fourth-order valence-corrected chi connectivity index (χ4v) is 1.64. The average molecular weight is 193 g/mol. The summed E-state index contributed by atoms with van der Waals surface area (Å²) in [6.07, 6.45) is 6.87. The molecule has 1 unspecified atom stereocenters. The highest BCUT2D eigenvalue weighted by Crippen LogP contribution is 2.25. The highest BCUT2D eigenvalue weighted by Gasteiger charge is 2.11. The Balaban J connectivity index is 2.12. The first-order chi connectivity index (χ1) is 6.75. The van der Waals surface area contributed by atoms with E-state index in [0.717, 1.165) is 12.8 Å². The molecule has 0 aromatic carbocycles. The molecule has 4 heteroatoms. The van der Waals surface area contributed by atoms with E-state index >= 15 is 0 Å². The maximum atomic E-state index is 5.63. The van der Waals surface area contributed by atoms with E-state index in [-0.39, 0.29) is 6.04 Å². The summed E-state index contributed by atoms with van der Waals surface area (Å²) in [6, 6.07) is -0.158. The highest BCUT2D eigenvalue weighted by molar-refractivity contribution is 5.44. The number of rotatable bonds is 2. The van der Waals surface area contributed by atoms with Crippen molar-refractivity contribution < 1.29 is 4.52 Å². The van der Waals surface area contributed by atoms with E-state index in [4.69, 9.17) is 10.3 Å². The smallest absolute Gasteiger partial charge is 0.250 e. The molecule has 1 saturated carbocycles. The van der Waals surface area contributed by atoms with Crippen LogP contribution in [0.2, 0.25) is 0 Å². The maximum Gasteiger partial charge on any atom is 0.250 e. The third-order valence-corrected chi connectivity index (χ3v) is 2.44. The molecule has 1 atom stereocenters. The Hall–Kier alpha value is -1.16. The van der Waals surface area contributed by atoms with Gasteiger partial charge in [-0.25, -0.2) is 0 Å². The topological polar surface area (TPSA) is 64.9 Å². The van der Waals surface area contributed by atoms with Crippen LogP contribution in [0, 0.1) is 0 Å². The van der Waals surface area contributed by atoms with Gasteiger partial charge in [0.1, 0.15) is 0 Å². The number of hydrogen-bond acceptors (Lipinski definition) is 4. The lowest BCUT2D eigenvalue weighted by molar-refractivity contribution is 0.399. The minimum Gasteiger partial charge on any atom is -0.335 e. The Morgan fingerprint density at radius 2 is 2.14 bits per heavy atom. The molecular weight excluding hydrogens is 178 g/mol. The average Bonchev–Trinajstić information content (AvgIpc) is 2.75. The van der Waals surface area contributed by atoms with Crippen LogP contribution < -0.4 is 5.73 Å². The first kappa shape index (κ1) is 9.40. The second-order valence-corrected chi connectivity index (χ2v) is 3.79. The molecule has 1 heterocycles. The fraction of sp³-hybridized carbons (Fsp3) is 0.600. The van der Waals surface area contributed by atoms with E-state index in [0.29, 0.717) is 11.7 Å². The molecule has 14 heavy (non-hydrogen) atoms. The standard InChI is InChI=1S/C10H15N3O/c1-7(11)10-12-9(14-13-10)6-8-4-2-3-5-8/h6-7H,2-5,11H2,1H3. The molecule has 1 aromatic heterocycles. The number of hydrogen-bond donors (Lipinski definition) is 1. The monoisotopic (exact) mass is 193 g/mol. The van der Waals surface area contributed by atoms with Gasteiger partial charge in [0.2, 0.25) is 0 Å². The molecule has 4 nitrogen and oxygen atoms in total. The Morgan fingerprint density at radius 3 is 2.71 bits per heavy atom. The molecular formula is C10H15N3O. The van der Waals surface area contributed by atoms with Gasteiger partial charge in [0.05, 0.1) is 6.04 Å². The van der Waals surface area contributed by atoms with Gasteiger partial charge in [0, 0.05) is 6.08 Å². The van der Waals surface area contributed by atoms with Gasteiger partial charge in [-0.2, -0.15) is 4.98 Å². The third kappa shape index (κ3) is 2.01. The number of nitrogens with two attached hydrogens (primary N) is 1. The molecule has 0 radical (unpaired) electrons. The van der Waals surface area contributed by atoms with Gasteiger partial charge in [-0.15, -0.1) is 0 Å². The number of allylic oxidation sites excluding steroid dienone is 1. The molecule has 1 aliphatic carbocycles. The van der Waals surface area contributed by atoms with Crippen molar-refractivity contribution in [1.82, 2.24) is 10.1 Å². The lowest BCUT2D eigenvalue weighted by Crippen LogP contribution is -2.06. The van der Waals surface area contributed by atoms with Gasteiger partial charge >= 0.3 is 0 Å². The molecule has 0 spiro atoms. The van der Waals surface area contributed by atoms with Crippen molar-refractivity contribution in [1.29, 1.82) is 0 Å². The van der Waals surface area contributed by atoms with Crippen molar-refractivity contribution >= 4 is 6.08 Å². The molecule has 1 aliphatic rings. The summed E-state index contributed by atoms with van der Waals surface area (Å²) in [5.74, 6) is 1.17. The molecule has 0 bridgehead atoms. The minimum absolute atomic E-state index is 0.158. The van der Waals surface area contributed by atoms with Gasteiger partial charge in [-0.05, 0) is 32.6 Å². The van der Waals surface area contributed by atoms with Crippen LogP contribution >= 0.6 is 0 Å². The second-order valence-electron chi connectivity index (χ2n) is 3.79. The quantitative estimate of drug-likeness (QED) is 0.780. The molecule has 2 rings (SSSR count). The Bertz CT molecular complexity index is 333. The third-order valence-electron chi connectivity index (χ3n) is 2.44. The van der Waals surface area contributed by atoms with Crippen LogP contribution in [0.25, 0.3) is 6.08 Å².